The zero-order valence-corrected chi connectivity index (χ0v) is 7.54. The molecule has 3 nitrogen and oxygen atoms in total. The highest BCUT2D eigenvalue weighted by atomic mass is 19.1. The van der Waals surface area contributed by atoms with Gasteiger partial charge in [-0.1, -0.05) is 0 Å². The summed E-state index contributed by atoms with van der Waals surface area (Å²) in [7, 11) is 1.29. The van der Waals surface area contributed by atoms with Crippen LogP contribution in [0, 0.1) is 17.8 Å². The largest absolute Gasteiger partial charge is 0.469 e. The SMILES string of the molecule is COC(=O)C1C2CC(C)(F)C(=O)C21. The molecule has 2 aliphatic rings. The lowest BCUT2D eigenvalue weighted by Crippen LogP contribution is -2.30. The number of ether oxygens (including phenoxy) is 1. The molecule has 0 aromatic carbocycles. The first-order chi connectivity index (χ1) is 5.99. The number of carbonyl (C=O) groups is 2. The summed E-state index contributed by atoms with van der Waals surface area (Å²) in [5, 5.41) is 0. The number of hydrogen-bond donors (Lipinski definition) is 0. The Morgan fingerprint density at radius 1 is 1.69 bits per heavy atom. The molecule has 0 heterocycles. The quantitative estimate of drug-likeness (QED) is 0.567. The maximum Gasteiger partial charge on any atom is 0.309 e. The van der Waals surface area contributed by atoms with Crippen LogP contribution in [0.2, 0.25) is 0 Å². The van der Waals surface area contributed by atoms with Crippen molar-refractivity contribution in [1.29, 1.82) is 0 Å². The molecule has 0 aromatic heterocycles. The first-order valence-electron chi connectivity index (χ1n) is 4.30. The van der Waals surface area contributed by atoms with Gasteiger partial charge in [0, 0.05) is 5.92 Å². The Hall–Kier alpha value is -0.930. The number of halogens is 1. The van der Waals surface area contributed by atoms with Crippen molar-refractivity contribution in [2.24, 2.45) is 17.8 Å². The van der Waals surface area contributed by atoms with Crippen LogP contribution in [0.4, 0.5) is 4.39 Å². The van der Waals surface area contributed by atoms with Crippen LogP contribution >= 0.6 is 0 Å². The van der Waals surface area contributed by atoms with Gasteiger partial charge < -0.3 is 4.74 Å². The van der Waals surface area contributed by atoms with Crippen LogP contribution in [0.1, 0.15) is 13.3 Å². The maximum absolute atomic E-state index is 13.3. The van der Waals surface area contributed by atoms with Gasteiger partial charge in [0.05, 0.1) is 13.0 Å². The van der Waals surface area contributed by atoms with E-state index in [1.54, 1.807) is 0 Å². The molecular formula is C9H11FO3. The van der Waals surface area contributed by atoms with Crippen LogP contribution in [-0.2, 0) is 14.3 Å². The summed E-state index contributed by atoms with van der Waals surface area (Å²) in [6, 6.07) is 0. The molecule has 2 saturated carbocycles. The van der Waals surface area contributed by atoms with Gasteiger partial charge in [-0.2, -0.15) is 0 Å². The first-order valence-corrected chi connectivity index (χ1v) is 4.30. The van der Waals surface area contributed by atoms with Gasteiger partial charge in [0.1, 0.15) is 0 Å². The van der Waals surface area contributed by atoms with E-state index in [1.807, 2.05) is 0 Å². The van der Waals surface area contributed by atoms with Gasteiger partial charge in [-0.15, -0.1) is 0 Å². The predicted octanol–water partition coefficient (Wildman–Crippen LogP) is 0.723. The molecule has 2 aliphatic carbocycles. The van der Waals surface area contributed by atoms with E-state index < -0.39 is 17.4 Å². The van der Waals surface area contributed by atoms with Gasteiger partial charge in [0.2, 0.25) is 0 Å². The van der Waals surface area contributed by atoms with Crippen molar-refractivity contribution in [2.75, 3.05) is 7.11 Å². The highest BCUT2D eigenvalue weighted by Crippen LogP contribution is 2.60. The lowest BCUT2D eigenvalue weighted by Gasteiger charge is -2.14. The molecule has 0 bridgehead atoms. The van der Waals surface area contributed by atoms with E-state index in [-0.39, 0.29) is 24.2 Å². The average molecular weight is 186 g/mol. The zero-order valence-electron chi connectivity index (χ0n) is 7.54. The molecule has 2 rings (SSSR count). The van der Waals surface area contributed by atoms with Crippen molar-refractivity contribution in [2.45, 2.75) is 19.0 Å². The zero-order chi connectivity index (χ0) is 9.80. The smallest absolute Gasteiger partial charge is 0.309 e. The summed E-state index contributed by atoms with van der Waals surface area (Å²) in [6.07, 6.45) is 0.177. The molecule has 0 N–H and O–H groups in total. The normalized spacial score (nSPS) is 47.3. The maximum atomic E-state index is 13.3. The Kier molecular flexibility index (Phi) is 1.54. The fourth-order valence-electron chi connectivity index (χ4n) is 2.33. The van der Waals surface area contributed by atoms with Gasteiger partial charge in [0.15, 0.2) is 11.5 Å². The van der Waals surface area contributed by atoms with Gasteiger partial charge >= 0.3 is 5.97 Å². The Balaban J connectivity index is 2.10. The average Bonchev–Trinajstić information content (AvgIpc) is 2.69. The molecule has 0 spiro atoms. The minimum atomic E-state index is -1.71. The summed E-state index contributed by atoms with van der Waals surface area (Å²) >= 11 is 0. The molecule has 4 atom stereocenters. The third-order valence-corrected chi connectivity index (χ3v) is 3.08. The molecule has 0 saturated heterocycles. The second-order valence-electron chi connectivity index (χ2n) is 4.00. The van der Waals surface area contributed by atoms with Crippen LogP contribution in [-0.4, -0.2) is 24.5 Å². The number of esters is 1. The first kappa shape index (κ1) is 8.66. The molecule has 0 aromatic rings. The van der Waals surface area contributed by atoms with Gasteiger partial charge in [-0.05, 0) is 19.3 Å². The lowest BCUT2D eigenvalue weighted by molar-refractivity contribution is -0.145. The van der Waals surface area contributed by atoms with Crippen LogP contribution in [0.3, 0.4) is 0 Å². The highest BCUT2D eigenvalue weighted by Gasteiger charge is 2.69. The summed E-state index contributed by atoms with van der Waals surface area (Å²) in [5.74, 6) is -1.66. The minimum absolute atomic E-state index is 0.102. The fraction of sp³-hybridized carbons (Fsp3) is 0.778. The Morgan fingerprint density at radius 3 is 2.69 bits per heavy atom. The van der Waals surface area contributed by atoms with Crippen molar-refractivity contribution in [1.82, 2.24) is 0 Å². The summed E-state index contributed by atoms with van der Waals surface area (Å²) in [6.45, 7) is 1.29. The van der Waals surface area contributed by atoms with E-state index in [1.165, 1.54) is 14.0 Å². The molecule has 0 aliphatic heterocycles. The topological polar surface area (TPSA) is 43.4 Å². The van der Waals surface area contributed by atoms with Crippen LogP contribution in [0.5, 0.6) is 0 Å². The standard InChI is InChI=1S/C9H11FO3/c1-9(10)3-4-5(7(9)11)6(4)8(12)13-2/h4-6H,3H2,1-2H3. The molecule has 13 heavy (non-hydrogen) atoms. The minimum Gasteiger partial charge on any atom is -0.469 e. The van der Waals surface area contributed by atoms with Gasteiger partial charge in [-0.25, -0.2) is 4.39 Å². The Morgan fingerprint density at radius 2 is 2.31 bits per heavy atom. The van der Waals surface area contributed by atoms with E-state index in [4.69, 9.17) is 0 Å². The highest BCUT2D eigenvalue weighted by molar-refractivity contribution is 6.00. The number of ketones is 1. The summed E-state index contributed by atoms with van der Waals surface area (Å²) in [5.41, 5.74) is -1.71. The van der Waals surface area contributed by atoms with E-state index in [0.717, 1.165) is 0 Å². The number of carbonyl (C=O) groups excluding carboxylic acids is 2. The number of hydrogen-bond acceptors (Lipinski definition) is 3. The van der Waals surface area contributed by atoms with Crippen molar-refractivity contribution in [3.63, 3.8) is 0 Å². The van der Waals surface area contributed by atoms with Crippen LogP contribution in [0.25, 0.3) is 0 Å². The molecule has 4 heteroatoms. The van der Waals surface area contributed by atoms with Crippen molar-refractivity contribution < 1.29 is 18.7 Å². The lowest BCUT2D eigenvalue weighted by atomic mass is 9.98. The molecule has 0 amide bonds. The third-order valence-electron chi connectivity index (χ3n) is 3.08. The Labute approximate surface area is 75.2 Å². The van der Waals surface area contributed by atoms with E-state index >= 15 is 0 Å². The number of fused-ring (bicyclic) bond motifs is 1. The third kappa shape index (κ3) is 1.01. The second kappa shape index (κ2) is 2.30. The Bertz CT molecular complexity index is 285. The van der Waals surface area contributed by atoms with Crippen molar-refractivity contribution >= 4 is 11.8 Å². The number of Topliss-reactive ketones (excluding diaryl/α,β-unsaturated/α-hetero) is 1. The summed E-state index contributed by atoms with van der Waals surface area (Å²) in [4.78, 5) is 22.4. The second-order valence-corrected chi connectivity index (χ2v) is 4.00. The van der Waals surface area contributed by atoms with E-state index in [2.05, 4.69) is 4.74 Å². The van der Waals surface area contributed by atoms with E-state index in [9.17, 15) is 14.0 Å². The van der Waals surface area contributed by atoms with Crippen molar-refractivity contribution in [3.05, 3.63) is 0 Å². The monoisotopic (exact) mass is 186 g/mol. The number of rotatable bonds is 1. The van der Waals surface area contributed by atoms with Gasteiger partial charge in [-0.3, -0.25) is 9.59 Å². The molecular weight excluding hydrogens is 175 g/mol. The fourth-order valence-corrected chi connectivity index (χ4v) is 2.33. The van der Waals surface area contributed by atoms with Crippen molar-refractivity contribution in [3.8, 4) is 0 Å². The molecule has 72 valence electrons. The predicted molar refractivity (Wildman–Crippen MR) is 41.6 cm³/mol. The van der Waals surface area contributed by atoms with Crippen LogP contribution in [0.15, 0.2) is 0 Å². The number of alkyl halides is 1. The van der Waals surface area contributed by atoms with Gasteiger partial charge in [0.25, 0.3) is 0 Å². The molecule has 0 radical (unpaired) electrons. The summed E-state index contributed by atoms with van der Waals surface area (Å²) < 4.78 is 17.8. The number of methoxy groups -OCH3 is 1. The molecule has 4 unspecified atom stereocenters. The molecule has 2 fully saturated rings. The van der Waals surface area contributed by atoms with Crippen LogP contribution < -0.4 is 0 Å². The van der Waals surface area contributed by atoms with E-state index in [0.29, 0.717) is 0 Å².